The van der Waals surface area contributed by atoms with Crippen LogP contribution in [0.15, 0.2) is 46.9 Å². The topological polar surface area (TPSA) is 33.4 Å². The lowest BCUT2D eigenvalue weighted by Crippen LogP contribution is -2.01. The number of aliphatic hydroxyl groups is 1. The minimum atomic E-state index is -0.756. The molecule has 3 rings (SSSR count). The molecule has 1 atom stereocenters. The Morgan fingerprint density at radius 2 is 1.95 bits per heavy atom. The van der Waals surface area contributed by atoms with Gasteiger partial charge in [0.15, 0.2) is 0 Å². The molecule has 21 heavy (non-hydrogen) atoms. The van der Waals surface area contributed by atoms with E-state index >= 15 is 0 Å². The van der Waals surface area contributed by atoms with Crippen molar-refractivity contribution in [3.63, 3.8) is 0 Å². The standard InChI is InChI=1S/C17H14Cl2O2/c1-10-5-6-15-12(7-10)9-16(21-15)14(20)8-11-3-2-4-13(18)17(11)19/h2-7,9,14,20H,8H2,1H3. The van der Waals surface area contributed by atoms with Gasteiger partial charge >= 0.3 is 0 Å². The zero-order chi connectivity index (χ0) is 15.0. The summed E-state index contributed by atoms with van der Waals surface area (Å²) >= 11 is 12.1. The summed E-state index contributed by atoms with van der Waals surface area (Å²) in [7, 11) is 0. The van der Waals surface area contributed by atoms with Gasteiger partial charge in [-0.25, -0.2) is 0 Å². The minimum absolute atomic E-state index is 0.359. The quantitative estimate of drug-likeness (QED) is 0.708. The van der Waals surface area contributed by atoms with Gasteiger partial charge in [-0.2, -0.15) is 0 Å². The number of hydrogen-bond acceptors (Lipinski definition) is 2. The van der Waals surface area contributed by atoms with E-state index in [0.29, 0.717) is 22.2 Å². The number of halogens is 2. The van der Waals surface area contributed by atoms with Crippen LogP contribution in [0.5, 0.6) is 0 Å². The molecular weight excluding hydrogens is 307 g/mol. The number of hydrogen-bond donors (Lipinski definition) is 1. The van der Waals surface area contributed by atoms with Gasteiger partial charge < -0.3 is 9.52 Å². The van der Waals surface area contributed by atoms with Crippen LogP contribution in [0.4, 0.5) is 0 Å². The van der Waals surface area contributed by atoms with Crippen molar-refractivity contribution in [2.24, 2.45) is 0 Å². The van der Waals surface area contributed by atoms with E-state index in [4.69, 9.17) is 27.6 Å². The predicted octanol–water partition coefficient (Wildman–Crippen LogP) is 5.32. The Morgan fingerprint density at radius 1 is 1.14 bits per heavy atom. The molecule has 3 aromatic rings. The smallest absolute Gasteiger partial charge is 0.134 e. The van der Waals surface area contributed by atoms with Crippen molar-refractivity contribution in [2.45, 2.75) is 19.4 Å². The molecule has 0 aliphatic heterocycles. The first-order valence-corrected chi connectivity index (χ1v) is 7.41. The molecule has 2 nitrogen and oxygen atoms in total. The summed E-state index contributed by atoms with van der Waals surface area (Å²) in [5.74, 6) is 0.534. The molecule has 4 heteroatoms. The Bertz CT molecular complexity index is 793. The summed E-state index contributed by atoms with van der Waals surface area (Å²) in [5, 5.41) is 12.3. The highest BCUT2D eigenvalue weighted by molar-refractivity contribution is 6.42. The molecule has 0 aliphatic carbocycles. The molecule has 108 valence electrons. The summed E-state index contributed by atoms with van der Waals surface area (Å²) in [6.45, 7) is 2.02. The Morgan fingerprint density at radius 3 is 2.76 bits per heavy atom. The van der Waals surface area contributed by atoms with Crippen LogP contribution in [0.25, 0.3) is 11.0 Å². The van der Waals surface area contributed by atoms with Crippen LogP contribution >= 0.6 is 23.2 Å². The largest absolute Gasteiger partial charge is 0.458 e. The number of furan rings is 1. The van der Waals surface area contributed by atoms with Crippen molar-refractivity contribution in [1.29, 1.82) is 0 Å². The summed E-state index contributed by atoms with van der Waals surface area (Å²) in [4.78, 5) is 0. The molecule has 1 N–H and O–H groups in total. The van der Waals surface area contributed by atoms with E-state index in [0.717, 1.165) is 22.1 Å². The molecular formula is C17H14Cl2O2. The first-order chi connectivity index (χ1) is 10.0. The molecule has 0 fully saturated rings. The summed E-state index contributed by atoms with van der Waals surface area (Å²) < 4.78 is 5.70. The van der Waals surface area contributed by atoms with Crippen LogP contribution in [-0.2, 0) is 6.42 Å². The molecule has 2 aromatic carbocycles. The lowest BCUT2D eigenvalue weighted by molar-refractivity contribution is 0.152. The van der Waals surface area contributed by atoms with Crippen molar-refractivity contribution in [2.75, 3.05) is 0 Å². The lowest BCUT2D eigenvalue weighted by atomic mass is 10.1. The van der Waals surface area contributed by atoms with Crippen LogP contribution in [0.3, 0.4) is 0 Å². The second-order valence-electron chi connectivity index (χ2n) is 5.12. The van der Waals surface area contributed by atoms with Gasteiger partial charge in [0, 0.05) is 11.8 Å². The number of aliphatic hydroxyl groups excluding tert-OH is 1. The average Bonchev–Trinajstić information content (AvgIpc) is 2.87. The Hall–Kier alpha value is -1.48. The van der Waals surface area contributed by atoms with E-state index in [1.54, 1.807) is 6.07 Å². The second-order valence-corrected chi connectivity index (χ2v) is 5.91. The van der Waals surface area contributed by atoms with E-state index in [9.17, 15) is 5.11 Å². The third-order valence-electron chi connectivity index (χ3n) is 3.46. The van der Waals surface area contributed by atoms with Gasteiger partial charge in [0.1, 0.15) is 17.4 Å². The summed E-state index contributed by atoms with van der Waals surface area (Å²) in [5.41, 5.74) is 2.72. The molecule has 0 bridgehead atoms. The van der Waals surface area contributed by atoms with Crippen LogP contribution < -0.4 is 0 Å². The SMILES string of the molecule is Cc1ccc2oc(C(O)Cc3cccc(Cl)c3Cl)cc2c1. The zero-order valence-corrected chi connectivity index (χ0v) is 12.9. The minimum Gasteiger partial charge on any atom is -0.458 e. The van der Waals surface area contributed by atoms with Gasteiger partial charge in [0.25, 0.3) is 0 Å². The fourth-order valence-corrected chi connectivity index (χ4v) is 2.76. The van der Waals surface area contributed by atoms with E-state index in [1.807, 2.05) is 43.3 Å². The normalized spacial score (nSPS) is 12.8. The number of aryl methyl sites for hydroxylation is 1. The number of rotatable bonds is 3. The zero-order valence-electron chi connectivity index (χ0n) is 11.4. The molecule has 0 radical (unpaired) electrons. The first-order valence-electron chi connectivity index (χ1n) is 6.65. The average molecular weight is 321 g/mol. The summed E-state index contributed by atoms with van der Waals surface area (Å²) in [6, 6.07) is 13.2. The van der Waals surface area contributed by atoms with Gasteiger partial charge in [0.05, 0.1) is 10.0 Å². The molecule has 1 unspecified atom stereocenters. The van der Waals surface area contributed by atoms with Gasteiger partial charge in [0.2, 0.25) is 0 Å². The van der Waals surface area contributed by atoms with Gasteiger partial charge in [-0.3, -0.25) is 0 Å². The van der Waals surface area contributed by atoms with Gasteiger partial charge in [-0.05, 0) is 36.8 Å². The summed E-state index contributed by atoms with van der Waals surface area (Å²) in [6.07, 6.45) is -0.397. The maximum absolute atomic E-state index is 10.4. The van der Waals surface area contributed by atoms with E-state index in [-0.39, 0.29) is 0 Å². The fraction of sp³-hybridized carbons (Fsp3) is 0.176. The number of benzene rings is 2. The monoisotopic (exact) mass is 320 g/mol. The lowest BCUT2D eigenvalue weighted by Gasteiger charge is -2.10. The highest BCUT2D eigenvalue weighted by Crippen LogP contribution is 2.31. The van der Waals surface area contributed by atoms with Crippen LogP contribution in [-0.4, -0.2) is 5.11 Å². The van der Waals surface area contributed by atoms with Crippen LogP contribution in [0.1, 0.15) is 23.0 Å². The van der Waals surface area contributed by atoms with Gasteiger partial charge in [-0.1, -0.05) is 47.0 Å². The maximum Gasteiger partial charge on any atom is 0.134 e. The molecule has 1 aromatic heterocycles. The maximum atomic E-state index is 10.4. The van der Waals surface area contributed by atoms with Crippen molar-refractivity contribution < 1.29 is 9.52 Å². The van der Waals surface area contributed by atoms with Crippen LogP contribution in [0.2, 0.25) is 10.0 Å². The number of fused-ring (bicyclic) bond motifs is 1. The highest BCUT2D eigenvalue weighted by atomic mass is 35.5. The molecule has 0 saturated carbocycles. The molecule has 0 spiro atoms. The van der Waals surface area contributed by atoms with Crippen molar-refractivity contribution in [3.8, 4) is 0 Å². The Balaban J connectivity index is 1.89. The van der Waals surface area contributed by atoms with Crippen molar-refractivity contribution in [3.05, 3.63) is 69.4 Å². The third kappa shape index (κ3) is 2.93. The first kappa shape index (κ1) is 14.5. The molecule has 0 aliphatic rings. The molecule has 1 heterocycles. The van der Waals surface area contributed by atoms with E-state index in [1.165, 1.54) is 0 Å². The fourth-order valence-electron chi connectivity index (χ4n) is 2.36. The van der Waals surface area contributed by atoms with E-state index < -0.39 is 6.10 Å². The van der Waals surface area contributed by atoms with Gasteiger partial charge in [-0.15, -0.1) is 0 Å². The molecule has 0 saturated heterocycles. The van der Waals surface area contributed by atoms with Crippen LogP contribution in [0, 0.1) is 6.92 Å². The van der Waals surface area contributed by atoms with E-state index in [2.05, 4.69) is 0 Å². The third-order valence-corrected chi connectivity index (χ3v) is 4.32. The predicted molar refractivity (Wildman–Crippen MR) is 86.1 cm³/mol. The Kier molecular flexibility index (Phi) is 3.94. The highest BCUT2D eigenvalue weighted by Gasteiger charge is 2.16. The van der Waals surface area contributed by atoms with Crippen molar-refractivity contribution in [1.82, 2.24) is 0 Å². The molecule has 0 amide bonds. The van der Waals surface area contributed by atoms with Crippen molar-refractivity contribution >= 4 is 34.2 Å². The second kappa shape index (κ2) is 5.72. The Labute approximate surface area is 132 Å².